The maximum Gasteiger partial charge on any atom is 0.330 e. The second kappa shape index (κ2) is 6.10. The van der Waals surface area contributed by atoms with E-state index < -0.39 is 17.4 Å². The monoisotopic (exact) mass is 326 g/mol. The van der Waals surface area contributed by atoms with Crippen molar-refractivity contribution >= 4 is 29.5 Å². The first-order valence-corrected chi connectivity index (χ1v) is 9.10. The van der Waals surface area contributed by atoms with Gasteiger partial charge in [0.2, 0.25) is 11.8 Å². The summed E-state index contributed by atoms with van der Waals surface area (Å²) in [6.45, 7) is 0.443. The number of nitrogens with one attached hydrogen (secondary N) is 1. The molecule has 6 nitrogen and oxygen atoms in total. The SMILES string of the molecule is O=C(N[C@]1(C(=O)O)CCSC1)[C@@H]1CC(=O)N(C2CCCC2)C1. The zero-order chi connectivity index (χ0) is 15.7. The largest absolute Gasteiger partial charge is 0.479 e. The van der Waals surface area contributed by atoms with Gasteiger partial charge in [0.1, 0.15) is 5.54 Å². The van der Waals surface area contributed by atoms with Crippen LogP contribution in [0.3, 0.4) is 0 Å². The fourth-order valence-electron chi connectivity index (χ4n) is 3.70. The summed E-state index contributed by atoms with van der Waals surface area (Å²) >= 11 is 1.54. The first-order chi connectivity index (χ1) is 10.5. The van der Waals surface area contributed by atoms with Gasteiger partial charge in [-0.3, -0.25) is 9.59 Å². The van der Waals surface area contributed by atoms with Crippen LogP contribution >= 0.6 is 11.8 Å². The van der Waals surface area contributed by atoms with E-state index in [0.29, 0.717) is 18.7 Å². The van der Waals surface area contributed by atoms with Gasteiger partial charge in [0.15, 0.2) is 0 Å². The van der Waals surface area contributed by atoms with Gasteiger partial charge in [0.25, 0.3) is 0 Å². The molecule has 0 radical (unpaired) electrons. The van der Waals surface area contributed by atoms with Crippen molar-refractivity contribution in [3.8, 4) is 0 Å². The molecule has 2 amide bonds. The molecule has 0 spiro atoms. The van der Waals surface area contributed by atoms with Crippen LogP contribution in [0.4, 0.5) is 0 Å². The highest BCUT2D eigenvalue weighted by Crippen LogP contribution is 2.32. The Hall–Kier alpha value is -1.24. The first-order valence-electron chi connectivity index (χ1n) is 7.94. The van der Waals surface area contributed by atoms with Crippen LogP contribution in [0, 0.1) is 5.92 Å². The molecule has 1 saturated carbocycles. The van der Waals surface area contributed by atoms with Crippen LogP contribution in [0.2, 0.25) is 0 Å². The van der Waals surface area contributed by atoms with Crippen LogP contribution in [0.15, 0.2) is 0 Å². The predicted molar refractivity (Wildman–Crippen MR) is 82.5 cm³/mol. The Morgan fingerprint density at radius 2 is 2.05 bits per heavy atom. The number of rotatable bonds is 4. The lowest BCUT2D eigenvalue weighted by atomic mass is 9.97. The minimum absolute atomic E-state index is 0.0391. The Labute approximate surface area is 134 Å². The molecule has 0 aromatic rings. The standard InChI is InChI=1S/C15H22N2O4S/c18-12-7-10(8-17(12)11-3-1-2-4-11)13(19)16-15(14(20)21)5-6-22-9-15/h10-11H,1-9H2,(H,16,19)(H,20,21)/t10-,15-/m1/s1. The number of nitrogens with zero attached hydrogens (tertiary/aromatic N) is 1. The fraction of sp³-hybridized carbons (Fsp3) is 0.800. The second-order valence-corrected chi connectivity index (χ2v) is 7.67. The van der Waals surface area contributed by atoms with Crippen molar-refractivity contribution in [1.82, 2.24) is 10.2 Å². The number of hydrogen-bond donors (Lipinski definition) is 2. The molecule has 2 heterocycles. The van der Waals surface area contributed by atoms with Crippen molar-refractivity contribution < 1.29 is 19.5 Å². The van der Waals surface area contributed by atoms with E-state index in [9.17, 15) is 19.5 Å². The number of carbonyl (C=O) groups is 3. The van der Waals surface area contributed by atoms with Crippen LogP contribution in [0.25, 0.3) is 0 Å². The van der Waals surface area contributed by atoms with E-state index in [0.717, 1.165) is 31.4 Å². The number of amides is 2. The van der Waals surface area contributed by atoms with Crippen LogP contribution < -0.4 is 5.32 Å². The Morgan fingerprint density at radius 1 is 1.32 bits per heavy atom. The van der Waals surface area contributed by atoms with Crippen molar-refractivity contribution in [3.63, 3.8) is 0 Å². The third-order valence-corrected chi connectivity index (χ3v) is 6.28. The summed E-state index contributed by atoms with van der Waals surface area (Å²) in [5, 5.41) is 12.2. The molecule has 0 aromatic heterocycles. The minimum atomic E-state index is -1.15. The van der Waals surface area contributed by atoms with Gasteiger partial charge in [0, 0.05) is 24.8 Å². The highest BCUT2D eigenvalue weighted by atomic mass is 32.2. The second-order valence-electron chi connectivity index (χ2n) is 6.56. The maximum atomic E-state index is 12.5. The molecule has 2 atom stereocenters. The van der Waals surface area contributed by atoms with Crippen molar-refractivity contribution in [2.75, 3.05) is 18.1 Å². The van der Waals surface area contributed by atoms with E-state index in [1.807, 2.05) is 4.90 Å². The third-order valence-electron chi connectivity index (χ3n) is 5.09. The van der Waals surface area contributed by atoms with Crippen LogP contribution in [0.5, 0.6) is 0 Å². The molecule has 1 aliphatic carbocycles. The lowest BCUT2D eigenvalue weighted by molar-refractivity contribution is -0.147. The Kier molecular flexibility index (Phi) is 4.34. The maximum absolute atomic E-state index is 12.5. The van der Waals surface area contributed by atoms with E-state index in [1.165, 1.54) is 0 Å². The van der Waals surface area contributed by atoms with Gasteiger partial charge >= 0.3 is 5.97 Å². The van der Waals surface area contributed by atoms with Gasteiger partial charge < -0.3 is 15.3 Å². The van der Waals surface area contributed by atoms with E-state index in [2.05, 4.69) is 5.32 Å². The molecule has 2 N–H and O–H groups in total. The number of carboxylic acids is 1. The zero-order valence-electron chi connectivity index (χ0n) is 12.5. The summed E-state index contributed by atoms with van der Waals surface area (Å²) in [6, 6.07) is 0.278. The molecule has 2 saturated heterocycles. The highest BCUT2D eigenvalue weighted by Gasteiger charge is 2.46. The Balaban J connectivity index is 1.63. The van der Waals surface area contributed by atoms with Gasteiger partial charge in [-0.1, -0.05) is 12.8 Å². The fourth-order valence-corrected chi connectivity index (χ4v) is 5.03. The Morgan fingerprint density at radius 3 is 2.64 bits per heavy atom. The summed E-state index contributed by atoms with van der Waals surface area (Å²) in [4.78, 5) is 38.0. The molecule has 3 fully saturated rings. The molecule has 7 heteroatoms. The van der Waals surface area contributed by atoms with E-state index in [4.69, 9.17) is 0 Å². The minimum Gasteiger partial charge on any atom is -0.479 e. The van der Waals surface area contributed by atoms with Gasteiger partial charge in [-0.2, -0.15) is 11.8 Å². The number of likely N-dealkylation sites (tertiary alicyclic amines) is 1. The molecule has 0 aromatic carbocycles. The van der Waals surface area contributed by atoms with Crippen LogP contribution in [-0.4, -0.2) is 57.4 Å². The summed E-state index contributed by atoms with van der Waals surface area (Å²) in [6.07, 6.45) is 5.00. The number of aliphatic carboxylic acids is 1. The van der Waals surface area contributed by atoms with E-state index in [-0.39, 0.29) is 24.3 Å². The highest BCUT2D eigenvalue weighted by molar-refractivity contribution is 7.99. The topological polar surface area (TPSA) is 86.7 Å². The molecule has 22 heavy (non-hydrogen) atoms. The van der Waals surface area contributed by atoms with E-state index in [1.54, 1.807) is 11.8 Å². The summed E-state index contributed by atoms with van der Waals surface area (Å²) < 4.78 is 0. The zero-order valence-corrected chi connectivity index (χ0v) is 13.4. The summed E-state index contributed by atoms with van der Waals surface area (Å²) in [5.41, 5.74) is -1.15. The number of hydrogen-bond acceptors (Lipinski definition) is 4. The van der Waals surface area contributed by atoms with Crippen molar-refractivity contribution in [2.24, 2.45) is 5.92 Å². The van der Waals surface area contributed by atoms with Crippen molar-refractivity contribution in [3.05, 3.63) is 0 Å². The third kappa shape index (κ3) is 2.83. The molecular weight excluding hydrogens is 304 g/mol. The molecule has 2 aliphatic heterocycles. The van der Waals surface area contributed by atoms with Gasteiger partial charge in [-0.05, 0) is 25.0 Å². The Bertz CT molecular complexity index is 484. The molecule has 3 rings (SSSR count). The van der Waals surface area contributed by atoms with Crippen molar-refractivity contribution in [2.45, 2.75) is 50.1 Å². The first kappa shape index (κ1) is 15.6. The average molecular weight is 326 g/mol. The van der Waals surface area contributed by atoms with E-state index >= 15 is 0 Å². The normalized spacial score (nSPS) is 32.6. The predicted octanol–water partition coefficient (Wildman–Crippen LogP) is 0.854. The summed E-state index contributed by atoms with van der Waals surface area (Å²) in [7, 11) is 0. The molecule has 0 bridgehead atoms. The van der Waals surface area contributed by atoms with Crippen molar-refractivity contribution in [1.29, 1.82) is 0 Å². The lowest BCUT2D eigenvalue weighted by Crippen LogP contribution is -2.56. The van der Waals surface area contributed by atoms with Gasteiger partial charge in [-0.25, -0.2) is 4.79 Å². The van der Waals surface area contributed by atoms with Gasteiger partial charge in [0.05, 0.1) is 5.92 Å². The molecule has 0 unspecified atom stereocenters. The van der Waals surface area contributed by atoms with Crippen LogP contribution in [-0.2, 0) is 14.4 Å². The smallest absolute Gasteiger partial charge is 0.330 e. The number of carbonyl (C=O) groups excluding carboxylic acids is 2. The molecule has 122 valence electrons. The average Bonchev–Trinajstić information content (AvgIpc) is 3.17. The summed E-state index contributed by atoms with van der Waals surface area (Å²) in [5.74, 6) is -0.473. The molecular formula is C15H22N2O4S. The number of thioether (sulfide) groups is 1. The number of carboxylic acid groups (broad SMARTS) is 1. The molecule has 3 aliphatic rings. The van der Waals surface area contributed by atoms with Crippen LogP contribution in [0.1, 0.15) is 38.5 Å². The lowest BCUT2D eigenvalue weighted by Gasteiger charge is -2.27. The quantitative estimate of drug-likeness (QED) is 0.800. The van der Waals surface area contributed by atoms with Gasteiger partial charge in [-0.15, -0.1) is 0 Å².